The Balaban J connectivity index is 1.96. The average Bonchev–Trinajstić information content (AvgIpc) is 2.94. The van der Waals surface area contributed by atoms with E-state index in [0.29, 0.717) is 59.5 Å². The minimum Gasteiger partial charge on any atom is -0.373 e. The molecule has 0 radical (unpaired) electrons. The molecule has 0 bridgehead atoms. The van der Waals surface area contributed by atoms with Gasteiger partial charge in [0.2, 0.25) is 5.91 Å². The lowest BCUT2D eigenvalue weighted by Gasteiger charge is -2.40. The monoisotopic (exact) mass is 597 g/mol. The van der Waals surface area contributed by atoms with Crippen LogP contribution in [0.3, 0.4) is 0 Å². The van der Waals surface area contributed by atoms with E-state index >= 15 is 4.39 Å². The molecule has 1 aromatic carbocycles. The summed E-state index contributed by atoms with van der Waals surface area (Å²) in [7, 11) is 3.18. The number of aromatic nitrogens is 2. The second kappa shape index (κ2) is 12.0. The van der Waals surface area contributed by atoms with Crippen LogP contribution in [0.5, 0.6) is 0 Å². The van der Waals surface area contributed by atoms with Crippen LogP contribution in [0, 0.1) is 24.6 Å². The van der Waals surface area contributed by atoms with Gasteiger partial charge in [0.05, 0.1) is 39.5 Å². The van der Waals surface area contributed by atoms with Gasteiger partial charge in [0, 0.05) is 45.1 Å². The Labute approximate surface area is 249 Å². The molecule has 1 amide bonds. The summed E-state index contributed by atoms with van der Waals surface area (Å²) < 4.78 is 49.5. The number of hydrogen-bond acceptors (Lipinski definition) is 6. The number of carbonyl (C=O) groups is 1. The summed E-state index contributed by atoms with van der Waals surface area (Å²) in [6.45, 7) is 9.26. The number of nitrogens with zero attached hydrogens (tertiary/aromatic N) is 3. The normalized spacial score (nSPS) is 15.8. The van der Waals surface area contributed by atoms with Gasteiger partial charge in [0.1, 0.15) is 17.2 Å². The Morgan fingerprint density at radius 2 is 1.86 bits per heavy atom. The first kappa shape index (κ1) is 32.0. The molecule has 11 heteroatoms. The SMILES string of the molecule is COC1(c2cc3c(N[C@H](C)c4cccc(C(F)F)c4F)nc(C)c(C#CC(C)(C)N)c3n(C)c2=O)CCN(C(C)=O)CC1. The minimum absolute atomic E-state index is 0.0502. The van der Waals surface area contributed by atoms with Crippen LogP contribution in [0.2, 0.25) is 0 Å². The van der Waals surface area contributed by atoms with Crippen molar-refractivity contribution < 1.29 is 22.7 Å². The van der Waals surface area contributed by atoms with Crippen molar-refractivity contribution in [2.24, 2.45) is 12.8 Å². The quantitative estimate of drug-likeness (QED) is 0.385. The largest absolute Gasteiger partial charge is 0.373 e. The van der Waals surface area contributed by atoms with Gasteiger partial charge in [-0.3, -0.25) is 9.59 Å². The van der Waals surface area contributed by atoms with Crippen LogP contribution >= 0.6 is 0 Å². The van der Waals surface area contributed by atoms with Crippen molar-refractivity contribution in [2.45, 2.75) is 71.1 Å². The number of rotatable bonds is 6. The summed E-state index contributed by atoms with van der Waals surface area (Å²) >= 11 is 0. The van der Waals surface area contributed by atoms with E-state index in [9.17, 15) is 18.4 Å². The number of pyridine rings is 2. The number of hydrogen-bond donors (Lipinski definition) is 2. The molecule has 4 rings (SSSR count). The molecule has 0 unspecified atom stereocenters. The number of amides is 1. The number of halogens is 3. The van der Waals surface area contributed by atoms with Crippen LogP contribution in [-0.2, 0) is 22.2 Å². The molecule has 43 heavy (non-hydrogen) atoms. The Hall–Kier alpha value is -3.88. The number of fused-ring (bicyclic) bond motifs is 1. The first-order valence-corrected chi connectivity index (χ1v) is 14.1. The number of carbonyl (C=O) groups excluding carboxylic acids is 1. The van der Waals surface area contributed by atoms with Crippen molar-refractivity contribution in [1.82, 2.24) is 14.5 Å². The fourth-order valence-electron chi connectivity index (χ4n) is 5.61. The molecule has 1 aliphatic rings. The molecular formula is C32H38F3N5O3. The molecule has 3 aromatic rings. The first-order valence-electron chi connectivity index (χ1n) is 14.1. The summed E-state index contributed by atoms with van der Waals surface area (Å²) in [5, 5.41) is 3.72. The third-order valence-electron chi connectivity index (χ3n) is 8.07. The number of aryl methyl sites for hydroxylation is 2. The van der Waals surface area contributed by atoms with Gasteiger partial charge >= 0.3 is 0 Å². The number of methoxy groups -OCH3 is 1. The molecule has 1 aliphatic heterocycles. The van der Waals surface area contributed by atoms with E-state index in [1.165, 1.54) is 23.6 Å². The van der Waals surface area contributed by atoms with E-state index in [2.05, 4.69) is 17.2 Å². The fourth-order valence-corrected chi connectivity index (χ4v) is 5.61. The molecule has 0 saturated carbocycles. The zero-order chi connectivity index (χ0) is 31.9. The third-order valence-corrected chi connectivity index (χ3v) is 8.07. The summed E-state index contributed by atoms with van der Waals surface area (Å²) in [5.74, 6) is 5.39. The molecule has 1 fully saturated rings. The smallest absolute Gasteiger partial charge is 0.266 e. The zero-order valence-corrected chi connectivity index (χ0v) is 25.6. The van der Waals surface area contributed by atoms with Gasteiger partial charge in [-0.2, -0.15) is 0 Å². The lowest BCUT2D eigenvalue weighted by Crippen LogP contribution is -2.48. The van der Waals surface area contributed by atoms with Crippen molar-refractivity contribution >= 4 is 22.6 Å². The van der Waals surface area contributed by atoms with Gasteiger partial charge in [-0.1, -0.05) is 30.0 Å². The average molecular weight is 598 g/mol. The number of benzene rings is 1. The highest BCUT2D eigenvalue weighted by atomic mass is 19.3. The number of piperidine rings is 1. The Kier molecular flexibility index (Phi) is 8.95. The van der Waals surface area contributed by atoms with Crippen LogP contribution in [0.4, 0.5) is 19.0 Å². The lowest BCUT2D eigenvalue weighted by molar-refractivity contribution is -0.135. The minimum atomic E-state index is -2.96. The molecule has 1 atom stereocenters. The number of anilines is 1. The van der Waals surface area contributed by atoms with Gasteiger partial charge in [-0.05, 0) is 46.6 Å². The van der Waals surface area contributed by atoms with Crippen molar-refractivity contribution in [3.63, 3.8) is 0 Å². The molecule has 2 aromatic heterocycles. The molecule has 230 valence electrons. The maximum absolute atomic E-state index is 15.1. The highest BCUT2D eigenvalue weighted by Gasteiger charge is 2.40. The second-order valence-electron chi connectivity index (χ2n) is 11.7. The standard InChI is InChI=1S/C32H38F3N5O3/c1-18(21-9-8-10-23(26(21)33)28(34)35)37-29-24-17-25(32(43-7)13-15-40(16-14-32)20(3)41)30(42)39(6)27(24)22(19(2)38-29)11-12-31(4,5)36/h8-10,17-18,28H,13-16,36H2,1-7H3,(H,37,38)/t18-/m1/s1. The van der Waals surface area contributed by atoms with Crippen LogP contribution in [0.25, 0.3) is 10.9 Å². The van der Waals surface area contributed by atoms with Crippen molar-refractivity contribution in [3.8, 4) is 11.8 Å². The predicted molar refractivity (Wildman–Crippen MR) is 160 cm³/mol. The molecule has 8 nitrogen and oxygen atoms in total. The summed E-state index contributed by atoms with van der Waals surface area (Å²) in [6.07, 6.45) is -2.15. The van der Waals surface area contributed by atoms with Crippen LogP contribution in [-0.4, -0.2) is 46.1 Å². The number of nitrogens with two attached hydrogens (primary N) is 1. The van der Waals surface area contributed by atoms with Crippen LogP contribution in [0.15, 0.2) is 29.1 Å². The molecule has 1 saturated heterocycles. The first-order chi connectivity index (χ1) is 20.1. The zero-order valence-electron chi connectivity index (χ0n) is 25.6. The number of nitrogens with one attached hydrogen (secondary N) is 1. The van der Waals surface area contributed by atoms with Crippen molar-refractivity contribution in [3.05, 3.63) is 68.4 Å². The number of alkyl halides is 2. The molecule has 0 aliphatic carbocycles. The Bertz CT molecular complexity index is 1680. The van der Waals surface area contributed by atoms with E-state index in [1.54, 1.807) is 52.8 Å². The maximum Gasteiger partial charge on any atom is 0.266 e. The third kappa shape index (κ3) is 6.26. The predicted octanol–water partition coefficient (Wildman–Crippen LogP) is 5.06. The lowest BCUT2D eigenvalue weighted by atomic mass is 9.84. The van der Waals surface area contributed by atoms with Gasteiger partial charge in [-0.15, -0.1) is 0 Å². The number of ether oxygens (including phenoxy) is 1. The van der Waals surface area contributed by atoms with Crippen molar-refractivity contribution in [1.29, 1.82) is 0 Å². The maximum atomic E-state index is 15.1. The van der Waals surface area contributed by atoms with E-state index in [-0.39, 0.29) is 17.0 Å². The topological polar surface area (TPSA) is 102 Å². The van der Waals surface area contributed by atoms with Gasteiger partial charge in [0.25, 0.3) is 12.0 Å². The van der Waals surface area contributed by atoms with Gasteiger partial charge in [0.15, 0.2) is 0 Å². The van der Waals surface area contributed by atoms with E-state index < -0.39 is 35.0 Å². The van der Waals surface area contributed by atoms with Crippen LogP contribution < -0.4 is 16.6 Å². The summed E-state index contributed by atoms with van der Waals surface area (Å²) in [6, 6.07) is 4.85. The second-order valence-corrected chi connectivity index (χ2v) is 11.7. The van der Waals surface area contributed by atoms with E-state index in [0.717, 1.165) is 6.07 Å². The Morgan fingerprint density at radius 1 is 1.23 bits per heavy atom. The molecule has 3 N–H and O–H groups in total. The highest BCUT2D eigenvalue weighted by molar-refractivity contribution is 5.95. The van der Waals surface area contributed by atoms with Crippen molar-refractivity contribution in [2.75, 3.05) is 25.5 Å². The summed E-state index contributed by atoms with van der Waals surface area (Å²) in [4.78, 5) is 32.5. The molecule has 0 spiro atoms. The van der Waals surface area contributed by atoms with E-state index in [4.69, 9.17) is 15.5 Å². The van der Waals surface area contributed by atoms with Gasteiger partial charge in [-0.25, -0.2) is 18.2 Å². The summed E-state index contributed by atoms with van der Waals surface area (Å²) in [5.41, 5.74) is 5.30. The van der Waals surface area contributed by atoms with Crippen LogP contribution in [0.1, 0.15) is 81.0 Å². The molecule has 3 heterocycles. The fraction of sp³-hybridized carbons (Fsp3) is 0.469. The molecular weight excluding hydrogens is 559 g/mol. The highest BCUT2D eigenvalue weighted by Crippen LogP contribution is 2.38. The van der Waals surface area contributed by atoms with Gasteiger partial charge < -0.3 is 25.3 Å². The van der Waals surface area contributed by atoms with E-state index in [1.807, 2.05) is 0 Å². The number of likely N-dealkylation sites (tertiary alicyclic amines) is 1. The Morgan fingerprint density at radius 3 is 2.42 bits per heavy atom.